The number of hydrogen-bond acceptors (Lipinski definition) is 4. The molecule has 2 heterocycles. The highest BCUT2D eigenvalue weighted by molar-refractivity contribution is 5.97. The monoisotopic (exact) mass is 369 g/mol. The van der Waals surface area contributed by atoms with Gasteiger partial charge in [-0.25, -0.2) is 0 Å². The SMILES string of the molecule is CC(=O)NC(C(=O)Nc1cccc(-c2nnc3n2CCCCC3)c1)C(C)C. The van der Waals surface area contributed by atoms with Gasteiger partial charge in [0.2, 0.25) is 11.8 Å². The van der Waals surface area contributed by atoms with E-state index in [1.807, 2.05) is 38.1 Å². The van der Waals surface area contributed by atoms with Crippen molar-refractivity contribution in [3.8, 4) is 11.4 Å². The Morgan fingerprint density at radius 1 is 1.15 bits per heavy atom. The van der Waals surface area contributed by atoms with Crippen LogP contribution >= 0.6 is 0 Å². The highest BCUT2D eigenvalue weighted by Gasteiger charge is 2.23. The number of rotatable bonds is 5. The molecule has 2 amide bonds. The van der Waals surface area contributed by atoms with Gasteiger partial charge in [-0.3, -0.25) is 9.59 Å². The van der Waals surface area contributed by atoms with Gasteiger partial charge in [0.25, 0.3) is 0 Å². The number of nitrogens with one attached hydrogen (secondary N) is 2. The van der Waals surface area contributed by atoms with Crippen LogP contribution in [0.5, 0.6) is 0 Å². The molecule has 1 aromatic carbocycles. The zero-order valence-electron chi connectivity index (χ0n) is 16.2. The highest BCUT2D eigenvalue weighted by Crippen LogP contribution is 2.25. The molecule has 1 aromatic heterocycles. The number of hydrogen-bond donors (Lipinski definition) is 2. The predicted molar refractivity (Wildman–Crippen MR) is 104 cm³/mol. The number of carbonyl (C=O) groups excluding carboxylic acids is 2. The van der Waals surface area contributed by atoms with E-state index in [2.05, 4.69) is 25.4 Å². The molecule has 7 nitrogen and oxygen atoms in total. The number of fused-ring (bicyclic) bond motifs is 1. The second kappa shape index (κ2) is 8.33. The Morgan fingerprint density at radius 2 is 1.96 bits per heavy atom. The lowest BCUT2D eigenvalue weighted by Gasteiger charge is -2.21. The summed E-state index contributed by atoms with van der Waals surface area (Å²) in [6.07, 6.45) is 4.43. The molecule has 144 valence electrons. The predicted octanol–water partition coefficient (Wildman–Crippen LogP) is 2.77. The van der Waals surface area contributed by atoms with E-state index in [9.17, 15) is 9.59 Å². The van der Waals surface area contributed by atoms with Gasteiger partial charge in [0.1, 0.15) is 11.9 Å². The van der Waals surface area contributed by atoms with Crippen LogP contribution in [0.25, 0.3) is 11.4 Å². The van der Waals surface area contributed by atoms with Crippen LogP contribution < -0.4 is 10.6 Å². The lowest BCUT2D eigenvalue weighted by atomic mass is 10.0. The van der Waals surface area contributed by atoms with Crippen molar-refractivity contribution < 1.29 is 9.59 Å². The molecule has 0 spiro atoms. The van der Waals surface area contributed by atoms with E-state index in [0.717, 1.165) is 43.0 Å². The van der Waals surface area contributed by atoms with Crippen LogP contribution in [0, 0.1) is 5.92 Å². The van der Waals surface area contributed by atoms with E-state index < -0.39 is 6.04 Å². The van der Waals surface area contributed by atoms with Gasteiger partial charge in [-0.05, 0) is 30.9 Å². The molecule has 0 radical (unpaired) electrons. The Balaban J connectivity index is 1.81. The third-order valence-electron chi connectivity index (χ3n) is 4.81. The Morgan fingerprint density at radius 3 is 2.70 bits per heavy atom. The molecule has 1 aliphatic rings. The topological polar surface area (TPSA) is 88.9 Å². The van der Waals surface area contributed by atoms with Crippen molar-refractivity contribution >= 4 is 17.5 Å². The lowest BCUT2D eigenvalue weighted by molar-refractivity contribution is -0.126. The maximum absolute atomic E-state index is 12.6. The maximum atomic E-state index is 12.6. The molecule has 1 atom stereocenters. The van der Waals surface area contributed by atoms with Gasteiger partial charge >= 0.3 is 0 Å². The van der Waals surface area contributed by atoms with Gasteiger partial charge in [0, 0.05) is 31.1 Å². The summed E-state index contributed by atoms with van der Waals surface area (Å²) in [5, 5.41) is 14.3. The van der Waals surface area contributed by atoms with Crippen molar-refractivity contribution in [2.24, 2.45) is 5.92 Å². The number of aromatic nitrogens is 3. The molecular weight excluding hydrogens is 342 g/mol. The lowest BCUT2D eigenvalue weighted by Crippen LogP contribution is -2.46. The maximum Gasteiger partial charge on any atom is 0.247 e. The van der Waals surface area contributed by atoms with Crippen molar-refractivity contribution in [2.45, 2.75) is 59.0 Å². The van der Waals surface area contributed by atoms with Crippen molar-refractivity contribution in [1.82, 2.24) is 20.1 Å². The second-order valence-corrected chi connectivity index (χ2v) is 7.39. The number of amides is 2. The average Bonchev–Trinajstić information content (AvgIpc) is 2.88. The third kappa shape index (κ3) is 4.53. The molecule has 3 rings (SSSR count). The van der Waals surface area contributed by atoms with E-state index in [1.165, 1.54) is 13.3 Å². The van der Waals surface area contributed by atoms with Crippen LogP contribution in [0.1, 0.15) is 45.9 Å². The molecule has 27 heavy (non-hydrogen) atoms. The van der Waals surface area contributed by atoms with E-state index >= 15 is 0 Å². The van der Waals surface area contributed by atoms with E-state index in [0.29, 0.717) is 5.69 Å². The van der Waals surface area contributed by atoms with Gasteiger partial charge in [-0.1, -0.05) is 32.4 Å². The van der Waals surface area contributed by atoms with Crippen LogP contribution in [-0.2, 0) is 22.6 Å². The summed E-state index contributed by atoms with van der Waals surface area (Å²) in [6.45, 7) is 6.15. The van der Waals surface area contributed by atoms with Gasteiger partial charge in [0.15, 0.2) is 5.82 Å². The summed E-state index contributed by atoms with van der Waals surface area (Å²) in [4.78, 5) is 24.0. The molecule has 1 unspecified atom stereocenters. The van der Waals surface area contributed by atoms with Crippen LogP contribution in [0.2, 0.25) is 0 Å². The molecule has 0 bridgehead atoms. The minimum absolute atomic E-state index is 0.00986. The standard InChI is InChI=1S/C20H27N5O2/c1-13(2)18(21-14(3)26)20(27)22-16-9-7-8-15(12-16)19-24-23-17-10-5-4-6-11-25(17)19/h7-9,12-13,18H,4-6,10-11H2,1-3H3,(H,21,26)(H,22,27). The largest absolute Gasteiger partial charge is 0.344 e. The quantitative estimate of drug-likeness (QED) is 0.848. The number of anilines is 1. The van der Waals surface area contributed by atoms with Crippen molar-refractivity contribution in [3.63, 3.8) is 0 Å². The van der Waals surface area contributed by atoms with Gasteiger partial charge in [0.05, 0.1) is 0 Å². The van der Waals surface area contributed by atoms with Gasteiger partial charge in [-0.2, -0.15) is 0 Å². The summed E-state index contributed by atoms with van der Waals surface area (Å²) in [5.74, 6) is 1.42. The summed E-state index contributed by atoms with van der Waals surface area (Å²) in [6, 6.07) is 7.05. The minimum Gasteiger partial charge on any atom is -0.344 e. The normalized spacial score (nSPS) is 15.0. The van der Waals surface area contributed by atoms with Crippen LogP contribution in [0.3, 0.4) is 0 Å². The molecule has 0 fully saturated rings. The number of aryl methyl sites for hydroxylation is 1. The fraction of sp³-hybridized carbons (Fsp3) is 0.500. The van der Waals surface area contributed by atoms with E-state index in [1.54, 1.807) is 0 Å². The first-order chi connectivity index (χ1) is 13.0. The Kier molecular flexibility index (Phi) is 5.88. The first kappa shape index (κ1) is 19.1. The fourth-order valence-corrected chi connectivity index (χ4v) is 3.41. The number of nitrogens with zero attached hydrogens (tertiary/aromatic N) is 3. The summed E-state index contributed by atoms with van der Waals surface area (Å²) in [5.41, 5.74) is 1.61. The van der Waals surface area contributed by atoms with Gasteiger partial charge < -0.3 is 15.2 Å². The Bertz CT molecular complexity index is 828. The third-order valence-corrected chi connectivity index (χ3v) is 4.81. The fourth-order valence-electron chi connectivity index (χ4n) is 3.41. The van der Waals surface area contributed by atoms with Crippen LogP contribution in [0.4, 0.5) is 5.69 Å². The molecule has 2 N–H and O–H groups in total. The van der Waals surface area contributed by atoms with E-state index in [4.69, 9.17) is 0 Å². The minimum atomic E-state index is -0.574. The second-order valence-electron chi connectivity index (χ2n) is 7.39. The van der Waals surface area contributed by atoms with Crippen molar-refractivity contribution in [3.05, 3.63) is 30.1 Å². The molecule has 2 aromatic rings. The van der Waals surface area contributed by atoms with Crippen LogP contribution in [-0.4, -0.2) is 32.6 Å². The molecule has 0 saturated heterocycles. The summed E-state index contributed by atoms with van der Waals surface area (Å²) in [7, 11) is 0. The molecule has 1 aliphatic heterocycles. The van der Waals surface area contributed by atoms with Gasteiger partial charge in [-0.15, -0.1) is 10.2 Å². The smallest absolute Gasteiger partial charge is 0.247 e. The van der Waals surface area contributed by atoms with E-state index in [-0.39, 0.29) is 17.7 Å². The Hall–Kier alpha value is -2.70. The summed E-state index contributed by atoms with van der Waals surface area (Å²) >= 11 is 0. The highest BCUT2D eigenvalue weighted by atomic mass is 16.2. The number of benzene rings is 1. The molecule has 7 heteroatoms. The first-order valence-corrected chi connectivity index (χ1v) is 9.56. The Labute approximate surface area is 159 Å². The zero-order valence-corrected chi connectivity index (χ0v) is 16.2. The first-order valence-electron chi connectivity index (χ1n) is 9.56. The zero-order chi connectivity index (χ0) is 19.4. The van der Waals surface area contributed by atoms with Crippen molar-refractivity contribution in [1.29, 1.82) is 0 Å². The number of carbonyl (C=O) groups is 2. The summed E-state index contributed by atoms with van der Waals surface area (Å²) < 4.78 is 2.18. The molecule has 0 aliphatic carbocycles. The molecular formula is C20H27N5O2. The van der Waals surface area contributed by atoms with Crippen LogP contribution in [0.15, 0.2) is 24.3 Å². The molecule has 0 saturated carbocycles. The van der Waals surface area contributed by atoms with Crippen molar-refractivity contribution in [2.75, 3.05) is 5.32 Å². The average molecular weight is 369 g/mol.